The molecule has 4 atom stereocenters. The zero-order valence-corrected chi connectivity index (χ0v) is 8.54. The highest BCUT2D eigenvalue weighted by Crippen LogP contribution is 2.24. The molecule has 2 aliphatic rings. The van der Waals surface area contributed by atoms with Gasteiger partial charge in [0, 0.05) is 23.9 Å². The third-order valence-electron chi connectivity index (χ3n) is 3.25. The second kappa shape index (κ2) is 3.26. The Kier molecular flexibility index (Phi) is 2.21. The van der Waals surface area contributed by atoms with Crippen LogP contribution in [-0.4, -0.2) is 23.9 Å². The van der Waals surface area contributed by atoms with E-state index < -0.39 is 0 Å². The summed E-state index contributed by atoms with van der Waals surface area (Å²) in [7, 11) is 0. The summed E-state index contributed by atoms with van der Waals surface area (Å²) in [6.45, 7) is 3.80. The van der Waals surface area contributed by atoms with Gasteiger partial charge in [-0.3, -0.25) is 9.59 Å². The molecule has 0 bridgehead atoms. The summed E-state index contributed by atoms with van der Waals surface area (Å²) >= 11 is 0. The minimum Gasteiger partial charge on any atom is -0.351 e. The number of carbonyl (C=O) groups excluding carboxylic acids is 2. The van der Waals surface area contributed by atoms with E-state index in [1.54, 1.807) is 0 Å². The lowest BCUT2D eigenvalue weighted by Gasteiger charge is -2.40. The second-order valence-corrected chi connectivity index (χ2v) is 4.50. The summed E-state index contributed by atoms with van der Waals surface area (Å²) in [5.41, 5.74) is 0. The van der Waals surface area contributed by atoms with Crippen LogP contribution in [0.3, 0.4) is 0 Å². The SMILES string of the molecule is CC1CC2NC(=O)C(C)CC2NC1=O. The van der Waals surface area contributed by atoms with Crippen molar-refractivity contribution in [2.45, 2.75) is 38.8 Å². The lowest BCUT2D eigenvalue weighted by molar-refractivity contribution is -0.135. The van der Waals surface area contributed by atoms with E-state index in [0.29, 0.717) is 0 Å². The fourth-order valence-corrected chi connectivity index (χ4v) is 2.27. The van der Waals surface area contributed by atoms with Crippen LogP contribution in [0.5, 0.6) is 0 Å². The molecule has 2 N–H and O–H groups in total. The number of rotatable bonds is 0. The van der Waals surface area contributed by atoms with E-state index in [1.807, 2.05) is 13.8 Å². The molecule has 78 valence electrons. The maximum atomic E-state index is 11.4. The molecule has 0 aliphatic carbocycles. The molecule has 0 aromatic carbocycles. The molecule has 2 rings (SSSR count). The van der Waals surface area contributed by atoms with E-state index in [4.69, 9.17) is 0 Å². The van der Waals surface area contributed by atoms with Crippen LogP contribution in [0.1, 0.15) is 26.7 Å². The van der Waals surface area contributed by atoms with E-state index in [9.17, 15) is 9.59 Å². The van der Waals surface area contributed by atoms with Gasteiger partial charge in [-0.1, -0.05) is 13.8 Å². The van der Waals surface area contributed by atoms with Gasteiger partial charge in [0.2, 0.25) is 11.8 Å². The van der Waals surface area contributed by atoms with Crippen molar-refractivity contribution in [2.24, 2.45) is 11.8 Å². The Bertz CT molecular complexity index is 249. The maximum Gasteiger partial charge on any atom is 0.223 e. The summed E-state index contributed by atoms with van der Waals surface area (Å²) in [4.78, 5) is 22.8. The molecule has 0 saturated carbocycles. The van der Waals surface area contributed by atoms with Gasteiger partial charge in [0.1, 0.15) is 0 Å². The van der Waals surface area contributed by atoms with E-state index in [1.165, 1.54) is 0 Å². The lowest BCUT2D eigenvalue weighted by Crippen LogP contribution is -2.62. The predicted molar refractivity (Wildman–Crippen MR) is 51.4 cm³/mol. The van der Waals surface area contributed by atoms with Crippen LogP contribution in [0.2, 0.25) is 0 Å². The second-order valence-electron chi connectivity index (χ2n) is 4.50. The molecule has 0 aromatic heterocycles. The van der Waals surface area contributed by atoms with Gasteiger partial charge in [-0.25, -0.2) is 0 Å². The Balaban J connectivity index is 2.09. The van der Waals surface area contributed by atoms with Gasteiger partial charge in [0.15, 0.2) is 0 Å². The molecule has 2 fully saturated rings. The lowest BCUT2D eigenvalue weighted by atomic mass is 9.82. The first-order chi connectivity index (χ1) is 6.58. The third-order valence-corrected chi connectivity index (χ3v) is 3.25. The van der Waals surface area contributed by atoms with E-state index in [-0.39, 0.29) is 35.7 Å². The molecule has 4 nitrogen and oxygen atoms in total. The number of nitrogens with one attached hydrogen (secondary N) is 2. The smallest absolute Gasteiger partial charge is 0.223 e. The largest absolute Gasteiger partial charge is 0.351 e. The Morgan fingerprint density at radius 2 is 1.29 bits per heavy atom. The summed E-state index contributed by atoms with van der Waals surface area (Å²) in [5.74, 6) is 0.277. The van der Waals surface area contributed by atoms with Crippen molar-refractivity contribution in [3.63, 3.8) is 0 Å². The summed E-state index contributed by atoms with van der Waals surface area (Å²) in [6.07, 6.45) is 1.55. The van der Waals surface area contributed by atoms with Crippen LogP contribution in [0.25, 0.3) is 0 Å². The van der Waals surface area contributed by atoms with Crippen LogP contribution in [0, 0.1) is 11.8 Å². The molecule has 4 unspecified atom stereocenters. The van der Waals surface area contributed by atoms with E-state index >= 15 is 0 Å². The number of hydrogen-bond donors (Lipinski definition) is 2. The fourth-order valence-electron chi connectivity index (χ4n) is 2.27. The molecule has 14 heavy (non-hydrogen) atoms. The molecular formula is C10H16N2O2. The molecule has 2 amide bonds. The third kappa shape index (κ3) is 1.49. The Hall–Kier alpha value is -1.06. The number of fused-ring (bicyclic) bond motifs is 1. The topological polar surface area (TPSA) is 58.2 Å². The number of hydrogen-bond acceptors (Lipinski definition) is 2. The Labute approximate surface area is 83.4 Å². The van der Waals surface area contributed by atoms with Crippen molar-refractivity contribution in [3.05, 3.63) is 0 Å². The van der Waals surface area contributed by atoms with Crippen LogP contribution < -0.4 is 10.6 Å². The predicted octanol–water partition coefficient (Wildman–Crippen LogP) is 0.0356. The van der Waals surface area contributed by atoms with Crippen molar-refractivity contribution in [2.75, 3.05) is 0 Å². The van der Waals surface area contributed by atoms with Crippen molar-refractivity contribution in [1.82, 2.24) is 10.6 Å². The van der Waals surface area contributed by atoms with Crippen molar-refractivity contribution in [1.29, 1.82) is 0 Å². The minimum atomic E-state index is 0.0185. The first kappa shape index (κ1) is 9.49. The van der Waals surface area contributed by atoms with Crippen LogP contribution in [0.4, 0.5) is 0 Å². The Morgan fingerprint density at radius 3 is 1.64 bits per heavy atom. The first-order valence-corrected chi connectivity index (χ1v) is 5.18. The van der Waals surface area contributed by atoms with Gasteiger partial charge in [-0.2, -0.15) is 0 Å². The van der Waals surface area contributed by atoms with Gasteiger partial charge < -0.3 is 10.6 Å². The van der Waals surface area contributed by atoms with Crippen molar-refractivity contribution < 1.29 is 9.59 Å². The molecule has 2 aliphatic heterocycles. The first-order valence-electron chi connectivity index (χ1n) is 5.18. The molecule has 2 saturated heterocycles. The summed E-state index contributed by atoms with van der Waals surface area (Å²) in [5, 5.41) is 5.93. The summed E-state index contributed by atoms with van der Waals surface area (Å²) in [6, 6.07) is 0.290. The summed E-state index contributed by atoms with van der Waals surface area (Å²) < 4.78 is 0. The van der Waals surface area contributed by atoms with Gasteiger partial charge in [0.25, 0.3) is 0 Å². The van der Waals surface area contributed by atoms with Crippen LogP contribution >= 0.6 is 0 Å². The van der Waals surface area contributed by atoms with Crippen LogP contribution in [0.15, 0.2) is 0 Å². The quantitative estimate of drug-likeness (QED) is 0.574. The van der Waals surface area contributed by atoms with Gasteiger partial charge >= 0.3 is 0 Å². The fraction of sp³-hybridized carbons (Fsp3) is 0.800. The maximum absolute atomic E-state index is 11.4. The van der Waals surface area contributed by atoms with Gasteiger partial charge in [0.05, 0.1) is 0 Å². The molecule has 0 spiro atoms. The van der Waals surface area contributed by atoms with Crippen molar-refractivity contribution >= 4 is 11.8 Å². The molecule has 0 aromatic rings. The monoisotopic (exact) mass is 196 g/mol. The zero-order valence-electron chi connectivity index (χ0n) is 8.54. The Morgan fingerprint density at radius 1 is 0.929 bits per heavy atom. The highest BCUT2D eigenvalue weighted by molar-refractivity contribution is 5.83. The number of amides is 2. The molecule has 2 heterocycles. The van der Waals surface area contributed by atoms with E-state index in [0.717, 1.165) is 12.8 Å². The number of carbonyl (C=O) groups is 2. The minimum absolute atomic E-state index is 0.0185. The molecule has 4 heteroatoms. The molecule has 0 radical (unpaired) electrons. The number of piperidine rings is 2. The van der Waals surface area contributed by atoms with E-state index in [2.05, 4.69) is 10.6 Å². The highest BCUT2D eigenvalue weighted by atomic mass is 16.2. The normalized spacial score (nSPS) is 42.4. The average Bonchev–Trinajstić information content (AvgIpc) is 2.11. The van der Waals surface area contributed by atoms with Gasteiger partial charge in [-0.05, 0) is 12.8 Å². The van der Waals surface area contributed by atoms with Crippen molar-refractivity contribution in [3.8, 4) is 0 Å². The highest BCUT2D eigenvalue weighted by Gasteiger charge is 2.39. The molecular weight excluding hydrogens is 180 g/mol. The average molecular weight is 196 g/mol. The zero-order chi connectivity index (χ0) is 10.3. The standard InChI is InChI=1S/C10H16N2O2/c1-5-3-7-8(11-9(5)13)4-6(2)10(14)12-7/h5-8H,3-4H2,1-2H3,(H,11,13)(H,12,14). The van der Waals surface area contributed by atoms with Gasteiger partial charge in [-0.15, -0.1) is 0 Å². The van der Waals surface area contributed by atoms with Crippen LogP contribution in [-0.2, 0) is 9.59 Å².